The topological polar surface area (TPSA) is 15.3 Å². The molecule has 0 unspecified atom stereocenters. The molecule has 2 nitrogen and oxygen atoms in total. The van der Waals surface area contributed by atoms with Crippen LogP contribution < -0.4 is 10.2 Å². The first-order chi connectivity index (χ1) is 15.2. The van der Waals surface area contributed by atoms with Gasteiger partial charge in [0.25, 0.3) is 0 Å². The number of rotatable bonds is 6. The number of anilines is 4. The van der Waals surface area contributed by atoms with Crippen LogP contribution in [0, 0.1) is 13.8 Å². The summed E-state index contributed by atoms with van der Waals surface area (Å²) in [5.74, 6) is 0. The number of aryl methyl sites for hydroxylation is 2. The predicted molar refractivity (Wildman–Crippen MR) is 134 cm³/mol. The number of benzene rings is 4. The second-order valence-electron chi connectivity index (χ2n) is 7.70. The summed E-state index contributed by atoms with van der Waals surface area (Å²) < 4.78 is 0. The monoisotopic (exact) mass is 404 g/mol. The molecule has 0 aliphatic heterocycles. The smallest absolute Gasteiger partial charge is 0.0494 e. The molecule has 1 N–H and O–H groups in total. The van der Waals surface area contributed by atoms with Gasteiger partial charge in [0.1, 0.15) is 0 Å². The van der Waals surface area contributed by atoms with Gasteiger partial charge in [-0.25, -0.2) is 0 Å². The average molecular weight is 405 g/mol. The lowest BCUT2D eigenvalue weighted by molar-refractivity contribution is 1.26. The zero-order valence-corrected chi connectivity index (χ0v) is 18.3. The molecule has 154 valence electrons. The van der Waals surface area contributed by atoms with Crippen molar-refractivity contribution in [1.29, 1.82) is 0 Å². The molecule has 4 rings (SSSR count). The van der Waals surface area contributed by atoms with Crippen molar-refractivity contribution in [3.63, 3.8) is 0 Å². The molecule has 2 heteroatoms. The molecule has 0 radical (unpaired) electrons. The van der Waals surface area contributed by atoms with Crippen molar-refractivity contribution in [3.8, 4) is 0 Å². The summed E-state index contributed by atoms with van der Waals surface area (Å²) in [6.45, 7) is 6.37. The summed E-state index contributed by atoms with van der Waals surface area (Å²) in [7, 11) is 0. The van der Waals surface area contributed by atoms with Gasteiger partial charge in [-0.2, -0.15) is 0 Å². The van der Waals surface area contributed by atoms with Crippen LogP contribution in [-0.4, -0.2) is 0 Å². The highest BCUT2D eigenvalue weighted by atomic mass is 15.1. The van der Waals surface area contributed by atoms with Gasteiger partial charge in [0.15, 0.2) is 0 Å². The van der Waals surface area contributed by atoms with Gasteiger partial charge in [-0.05, 0) is 80.4 Å². The first-order valence-electron chi connectivity index (χ1n) is 10.7. The Kier molecular flexibility index (Phi) is 6.18. The van der Waals surface area contributed by atoms with Crippen molar-refractivity contribution in [2.24, 2.45) is 0 Å². The number of allylic oxidation sites excluding steroid dienone is 1. The van der Waals surface area contributed by atoms with Crippen molar-refractivity contribution in [2.45, 2.75) is 20.8 Å². The van der Waals surface area contributed by atoms with Crippen LogP contribution in [0.4, 0.5) is 22.7 Å². The Hall–Kier alpha value is -3.78. The number of hydrogen-bond acceptors (Lipinski definition) is 2. The number of para-hydroxylation sites is 1. The Bertz CT molecular complexity index is 1170. The van der Waals surface area contributed by atoms with Gasteiger partial charge in [-0.15, -0.1) is 0 Å². The molecule has 0 heterocycles. The molecule has 4 aromatic rings. The summed E-state index contributed by atoms with van der Waals surface area (Å²) in [6.07, 6.45) is 2.19. The minimum absolute atomic E-state index is 1.07. The van der Waals surface area contributed by atoms with Gasteiger partial charge in [0.2, 0.25) is 0 Å². The van der Waals surface area contributed by atoms with Gasteiger partial charge in [0, 0.05) is 34.0 Å². The third kappa shape index (κ3) is 4.70. The lowest BCUT2D eigenvalue weighted by Crippen LogP contribution is -2.16. The maximum Gasteiger partial charge on any atom is 0.0494 e. The van der Waals surface area contributed by atoms with Crippen LogP contribution in [-0.2, 0) is 0 Å². The third-order valence-corrected chi connectivity index (χ3v) is 5.38. The number of hydrogen-bond donors (Lipinski definition) is 1. The molecule has 0 saturated carbocycles. The van der Waals surface area contributed by atoms with E-state index in [1.165, 1.54) is 22.4 Å². The van der Waals surface area contributed by atoms with Gasteiger partial charge in [-0.1, -0.05) is 60.7 Å². The van der Waals surface area contributed by atoms with Crippen LogP contribution in [0.15, 0.2) is 109 Å². The second kappa shape index (κ2) is 9.36. The van der Waals surface area contributed by atoms with E-state index in [4.69, 9.17) is 0 Å². The Labute approximate surface area is 185 Å². The molecule has 31 heavy (non-hydrogen) atoms. The molecule has 0 fully saturated rings. The molecular weight excluding hydrogens is 376 g/mol. The van der Waals surface area contributed by atoms with Crippen LogP contribution in [0.5, 0.6) is 0 Å². The maximum absolute atomic E-state index is 3.50. The lowest BCUT2D eigenvalue weighted by Gasteiger charge is -2.29. The first-order valence-corrected chi connectivity index (χ1v) is 10.7. The van der Waals surface area contributed by atoms with E-state index in [1.807, 2.05) is 0 Å². The molecule has 0 aliphatic carbocycles. The average Bonchev–Trinajstić information content (AvgIpc) is 2.79. The van der Waals surface area contributed by atoms with E-state index in [0.717, 1.165) is 22.7 Å². The highest BCUT2D eigenvalue weighted by Gasteiger charge is 2.17. The summed E-state index contributed by atoms with van der Waals surface area (Å²) in [6, 6.07) is 36.1. The van der Waals surface area contributed by atoms with E-state index < -0.39 is 0 Å². The van der Waals surface area contributed by atoms with E-state index in [9.17, 15) is 0 Å². The van der Waals surface area contributed by atoms with Crippen LogP contribution in [0.3, 0.4) is 0 Å². The van der Waals surface area contributed by atoms with Gasteiger partial charge in [-0.3, -0.25) is 0 Å². The van der Waals surface area contributed by atoms with Gasteiger partial charge >= 0.3 is 0 Å². The SMILES string of the molecule is C/C=C(\c1ccccc1C)N(c1ccccc1)c1ccc(Nc2cccc(C)c2)cc1. The molecule has 0 aromatic heterocycles. The lowest BCUT2D eigenvalue weighted by atomic mass is 10.0. The summed E-state index contributed by atoms with van der Waals surface area (Å²) in [5, 5.41) is 3.50. The summed E-state index contributed by atoms with van der Waals surface area (Å²) in [5.41, 5.74) is 9.33. The van der Waals surface area contributed by atoms with Crippen LogP contribution >= 0.6 is 0 Å². The maximum atomic E-state index is 3.50. The van der Waals surface area contributed by atoms with Gasteiger partial charge in [0.05, 0.1) is 0 Å². The number of nitrogens with one attached hydrogen (secondary N) is 1. The van der Waals surface area contributed by atoms with Crippen molar-refractivity contribution in [3.05, 3.63) is 126 Å². The normalized spacial score (nSPS) is 11.3. The van der Waals surface area contributed by atoms with E-state index in [0.29, 0.717) is 0 Å². The van der Waals surface area contributed by atoms with Crippen LogP contribution in [0.2, 0.25) is 0 Å². The molecule has 4 aromatic carbocycles. The molecule has 0 aliphatic rings. The van der Waals surface area contributed by atoms with Crippen molar-refractivity contribution >= 4 is 28.4 Å². The molecule has 0 spiro atoms. The minimum Gasteiger partial charge on any atom is -0.356 e. The van der Waals surface area contributed by atoms with Crippen molar-refractivity contribution < 1.29 is 0 Å². The second-order valence-corrected chi connectivity index (χ2v) is 7.70. The molecule has 0 amide bonds. The quantitative estimate of drug-likeness (QED) is 0.348. The molecule has 0 saturated heterocycles. The molecule has 0 bridgehead atoms. The van der Waals surface area contributed by atoms with E-state index in [-0.39, 0.29) is 0 Å². The standard InChI is InChI=1S/C29H28N2/c1-4-29(28-16-9-8-12-23(28)3)31(26-14-6-5-7-15-26)27-19-17-24(18-20-27)30-25-13-10-11-22(2)21-25/h4-21,30H,1-3H3/b29-4+. The predicted octanol–water partition coefficient (Wildman–Crippen LogP) is 8.25. The minimum atomic E-state index is 1.07. The molecular formula is C29H28N2. The largest absolute Gasteiger partial charge is 0.356 e. The van der Waals surface area contributed by atoms with E-state index in [2.05, 4.69) is 140 Å². The third-order valence-electron chi connectivity index (χ3n) is 5.38. The summed E-state index contributed by atoms with van der Waals surface area (Å²) in [4.78, 5) is 2.32. The Morgan fingerprint density at radius 3 is 2.03 bits per heavy atom. The highest BCUT2D eigenvalue weighted by Crippen LogP contribution is 2.36. The van der Waals surface area contributed by atoms with Crippen molar-refractivity contribution in [1.82, 2.24) is 0 Å². The zero-order valence-electron chi connectivity index (χ0n) is 18.3. The van der Waals surface area contributed by atoms with E-state index in [1.54, 1.807) is 0 Å². The van der Waals surface area contributed by atoms with E-state index >= 15 is 0 Å². The fourth-order valence-electron chi connectivity index (χ4n) is 3.85. The van der Waals surface area contributed by atoms with Crippen LogP contribution in [0.25, 0.3) is 5.70 Å². The zero-order chi connectivity index (χ0) is 21.6. The summed E-state index contributed by atoms with van der Waals surface area (Å²) >= 11 is 0. The number of nitrogens with zero attached hydrogens (tertiary/aromatic N) is 1. The van der Waals surface area contributed by atoms with Crippen LogP contribution in [0.1, 0.15) is 23.6 Å². The fourth-order valence-corrected chi connectivity index (χ4v) is 3.85. The first kappa shape index (κ1) is 20.5. The molecule has 0 atom stereocenters. The Morgan fingerprint density at radius 2 is 1.35 bits per heavy atom. The highest BCUT2D eigenvalue weighted by molar-refractivity contribution is 5.89. The van der Waals surface area contributed by atoms with Crippen molar-refractivity contribution in [2.75, 3.05) is 10.2 Å². The van der Waals surface area contributed by atoms with Gasteiger partial charge < -0.3 is 10.2 Å². The Balaban J connectivity index is 1.72. The fraction of sp³-hybridized carbons (Fsp3) is 0.103. The Morgan fingerprint density at radius 1 is 0.677 bits per heavy atom.